The summed E-state index contributed by atoms with van der Waals surface area (Å²) in [6.07, 6.45) is 0. The van der Waals surface area contributed by atoms with E-state index in [4.69, 9.17) is 0 Å². The van der Waals surface area contributed by atoms with E-state index >= 15 is 0 Å². The average molecular weight is 448 g/mol. The summed E-state index contributed by atoms with van der Waals surface area (Å²) < 4.78 is 28.0. The predicted octanol–water partition coefficient (Wildman–Crippen LogP) is 2.98. The van der Waals surface area contributed by atoms with Crippen molar-refractivity contribution >= 4 is 44.5 Å². The van der Waals surface area contributed by atoms with Crippen molar-refractivity contribution in [3.8, 4) is 0 Å². The minimum atomic E-state index is -4.63. The molecule has 3 aromatic carbocycles. The van der Waals surface area contributed by atoms with E-state index < -0.39 is 43.3 Å². The van der Waals surface area contributed by atoms with Crippen molar-refractivity contribution in [3.63, 3.8) is 0 Å². The van der Waals surface area contributed by atoms with Crippen molar-refractivity contribution in [2.45, 2.75) is 4.90 Å². The molecule has 1 aliphatic heterocycles. The molecule has 0 unspecified atom stereocenters. The summed E-state index contributed by atoms with van der Waals surface area (Å²) in [6.45, 7) is 0. The highest BCUT2D eigenvalue weighted by Crippen LogP contribution is 2.35. The molecule has 4 aromatic rings. The van der Waals surface area contributed by atoms with Crippen molar-refractivity contribution < 1.29 is 22.9 Å². The van der Waals surface area contributed by atoms with Crippen LogP contribution in [0.1, 0.15) is 20.7 Å². The summed E-state index contributed by atoms with van der Waals surface area (Å²) in [7, 11) is -4.63. The second-order valence-electron chi connectivity index (χ2n) is 6.89. The van der Waals surface area contributed by atoms with Crippen LogP contribution in [0.2, 0.25) is 0 Å². The molecule has 0 saturated carbocycles. The summed E-state index contributed by atoms with van der Waals surface area (Å²) in [5, 5.41) is 11.5. The van der Waals surface area contributed by atoms with Gasteiger partial charge < -0.3 is 0 Å². The first-order valence-electron chi connectivity index (χ1n) is 9.26. The number of para-hydroxylation sites is 3. The lowest BCUT2D eigenvalue weighted by Crippen LogP contribution is -2.33. The fourth-order valence-corrected chi connectivity index (χ4v) is 5.27. The molecule has 0 bridgehead atoms. The van der Waals surface area contributed by atoms with E-state index in [0.29, 0.717) is 8.87 Å². The SMILES string of the molecule is O=C1c2ccccc2C(=O)N1c1nc2ccccc2n1S(=O)(=O)c1ccccc1[N+](=O)[O-]. The third kappa shape index (κ3) is 2.65. The van der Waals surface area contributed by atoms with E-state index in [2.05, 4.69) is 4.98 Å². The number of hydrogen-bond acceptors (Lipinski definition) is 7. The molecule has 0 atom stereocenters. The summed E-state index contributed by atoms with van der Waals surface area (Å²) in [6, 6.07) is 17.1. The third-order valence-electron chi connectivity index (χ3n) is 5.08. The standard InChI is InChI=1S/C21H12N4O6S/c26-19-13-7-1-2-8-14(13)20(27)23(19)21-22-15-9-3-4-10-16(15)24(21)32(30,31)18-12-6-5-11-17(18)25(28)29/h1-12H. The monoisotopic (exact) mass is 448 g/mol. The summed E-state index contributed by atoms with van der Waals surface area (Å²) in [5.74, 6) is -1.93. The van der Waals surface area contributed by atoms with E-state index in [-0.39, 0.29) is 22.2 Å². The molecule has 32 heavy (non-hydrogen) atoms. The quantitative estimate of drug-likeness (QED) is 0.266. The molecule has 0 saturated heterocycles. The van der Waals surface area contributed by atoms with E-state index in [1.165, 1.54) is 36.4 Å². The number of aromatic nitrogens is 2. The van der Waals surface area contributed by atoms with Gasteiger partial charge in [-0.05, 0) is 30.3 Å². The van der Waals surface area contributed by atoms with Crippen LogP contribution in [0, 0.1) is 10.1 Å². The number of nitro groups is 1. The van der Waals surface area contributed by atoms with Crippen LogP contribution in [0.4, 0.5) is 11.6 Å². The van der Waals surface area contributed by atoms with Gasteiger partial charge in [0.05, 0.1) is 27.1 Å². The van der Waals surface area contributed by atoms with Gasteiger partial charge in [0.25, 0.3) is 27.5 Å². The highest BCUT2D eigenvalue weighted by Gasteiger charge is 2.42. The number of benzene rings is 3. The highest BCUT2D eigenvalue weighted by molar-refractivity contribution is 7.90. The number of anilines is 1. The maximum absolute atomic E-state index is 13.7. The van der Waals surface area contributed by atoms with E-state index in [1.54, 1.807) is 24.3 Å². The van der Waals surface area contributed by atoms with Gasteiger partial charge in [0, 0.05) is 6.07 Å². The lowest BCUT2D eigenvalue weighted by Gasteiger charge is -2.16. The number of amides is 2. The first-order valence-corrected chi connectivity index (χ1v) is 10.7. The molecular weight excluding hydrogens is 436 g/mol. The zero-order chi connectivity index (χ0) is 22.6. The van der Waals surface area contributed by atoms with E-state index in [9.17, 15) is 28.1 Å². The van der Waals surface area contributed by atoms with Crippen LogP contribution in [-0.4, -0.2) is 34.1 Å². The van der Waals surface area contributed by atoms with E-state index in [1.807, 2.05) is 0 Å². The molecule has 0 radical (unpaired) electrons. The minimum absolute atomic E-state index is 0.0669. The molecule has 0 N–H and O–H groups in total. The molecule has 11 heteroatoms. The smallest absolute Gasteiger partial charge is 0.268 e. The zero-order valence-corrected chi connectivity index (χ0v) is 16.9. The molecule has 10 nitrogen and oxygen atoms in total. The second kappa shape index (κ2) is 6.82. The average Bonchev–Trinajstić information content (AvgIpc) is 3.29. The number of nitro benzene ring substituents is 1. The molecule has 1 aliphatic rings. The topological polar surface area (TPSA) is 132 Å². The van der Waals surface area contributed by atoms with Gasteiger partial charge in [-0.1, -0.05) is 36.4 Å². The van der Waals surface area contributed by atoms with Crippen molar-refractivity contribution in [3.05, 3.63) is 94.0 Å². The van der Waals surface area contributed by atoms with Gasteiger partial charge >= 0.3 is 0 Å². The van der Waals surface area contributed by atoms with Gasteiger partial charge in [0.15, 0.2) is 4.90 Å². The van der Waals surface area contributed by atoms with E-state index in [0.717, 1.165) is 12.1 Å². The van der Waals surface area contributed by atoms with Gasteiger partial charge in [-0.15, -0.1) is 0 Å². The Bertz CT molecular complexity index is 1540. The number of hydrogen-bond donors (Lipinski definition) is 0. The van der Waals surface area contributed by atoms with Crippen LogP contribution in [-0.2, 0) is 10.0 Å². The summed E-state index contributed by atoms with van der Waals surface area (Å²) in [5.41, 5.74) is -0.157. The minimum Gasteiger partial charge on any atom is -0.268 e. The Kier molecular flexibility index (Phi) is 4.17. The molecule has 2 amide bonds. The maximum atomic E-state index is 13.7. The molecule has 0 fully saturated rings. The Morgan fingerprint density at radius 1 is 0.812 bits per heavy atom. The van der Waals surface area contributed by atoms with Crippen LogP contribution in [0.5, 0.6) is 0 Å². The molecule has 0 aliphatic carbocycles. The normalized spacial score (nSPS) is 13.6. The number of carbonyl (C=O) groups excluding carboxylic acids is 2. The molecule has 2 heterocycles. The largest absolute Gasteiger partial charge is 0.289 e. The number of imidazole rings is 1. The first kappa shape index (κ1) is 19.6. The number of nitrogens with zero attached hydrogens (tertiary/aromatic N) is 4. The van der Waals surface area contributed by atoms with Gasteiger partial charge in [-0.3, -0.25) is 19.7 Å². The number of rotatable bonds is 4. The van der Waals surface area contributed by atoms with Crippen molar-refractivity contribution in [2.24, 2.45) is 0 Å². The number of imide groups is 1. The second-order valence-corrected chi connectivity index (χ2v) is 8.64. The summed E-state index contributed by atoms with van der Waals surface area (Å²) in [4.78, 5) is 41.1. The van der Waals surface area contributed by atoms with Gasteiger partial charge in [0.1, 0.15) is 0 Å². The molecule has 0 spiro atoms. The van der Waals surface area contributed by atoms with Gasteiger partial charge in [0.2, 0.25) is 5.95 Å². The van der Waals surface area contributed by atoms with Crippen molar-refractivity contribution in [1.29, 1.82) is 0 Å². The van der Waals surface area contributed by atoms with Crippen molar-refractivity contribution in [2.75, 3.05) is 4.90 Å². The third-order valence-corrected chi connectivity index (χ3v) is 6.82. The Morgan fingerprint density at radius 2 is 1.38 bits per heavy atom. The van der Waals surface area contributed by atoms with Crippen LogP contribution in [0.15, 0.2) is 77.7 Å². The lowest BCUT2D eigenvalue weighted by molar-refractivity contribution is -0.387. The Hall–Kier alpha value is -4.38. The van der Waals surface area contributed by atoms with Crippen molar-refractivity contribution in [1.82, 2.24) is 8.96 Å². The Balaban J connectivity index is 1.82. The van der Waals surface area contributed by atoms with Crippen LogP contribution in [0.25, 0.3) is 11.0 Å². The Labute approximate surface area is 180 Å². The fraction of sp³-hybridized carbons (Fsp3) is 0. The number of fused-ring (bicyclic) bond motifs is 2. The maximum Gasteiger partial charge on any atom is 0.289 e. The van der Waals surface area contributed by atoms with Gasteiger partial charge in [-0.25, -0.2) is 18.3 Å². The lowest BCUT2D eigenvalue weighted by atomic mass is 10.1. The van der Waals surface area contributed by atoms with Gasteiger partial charge in [-0.2, -0.15) is 3.97 Å². The molecule has 5 rings (SSSR count). The Morgan fingerprint density at radius 3 is 2.03 bits per heavy atom. The molecular formula is C21H12N4O6S. The first-order chi connectivity index (χ1) is 15.3. The van der Waals surface area contributed by atoms with Crippen LogP contribution >= 0.6 is 0 Å². The van der Waals surface area contributed by atoms with Crippen LogP contribution < -0.4 is 4.90 Å². The predicted molar refractivity (Wildman–Crippen MR) is 113 cm³/mol. The zero-order valence-electron chi connectivity index (χ0n) is 16.1. The fourth-order valence-electron chi connectivity index (χ4n) is 3.66. The molecule has 158 valence electrons. The molecule has 1 aromatic heterocycles. The van der Waals surface area contributed by atoms with Crippen LogP contribution in [0.3, 0.4) is 0 Å². The number of carbonyl (C=O) groups is 2. The highest BCUT2D eigenvalue weighted by atomic mass is 32.2. The summed E-state index contributed by atoms with van der Waals surface area (Å²) >= 11 is 0.